The predicted molar refractivity (Wildman–Crippen MR) is 60.5 cm³/mol. The molecule has 2 saturated heterocycles. The molecule has 4 heteroatoms. The van der Waals surface area contributed by atoms with E-state index in [9.17, 15) is 4.79 Å². The van der Waals surface area contributed by atoms with E-state index in [0.29, 0.717) is 6.04 Å². The van der Waals surface area contributed by atoms with Gasteiger partial charge in [-0.05, 0) is 19.3 Å². The Morgan fingerprint density at radius 2 is 1.75 bits per heavy atom. The molecule has 16 heavy (non-hydrogen) atoms. The molecule has 0 aromatic carbocycles. The quantitative estimate of drug-likeness (QED) is 0.738. The Morgan fingerprint density at radius 1 is 1.00 bits per heavy atom. The van der Waals surface area contributed by atoms with Crippen molar-refractivity contribution in [2.45, 2.75) is 56.7 Å². The maximum Gasteiger partial charge on any atom is 0.407 e. The molecule has 0 spiro atoms. The zero-order chi connectivity index (χ0) is 11.1. The first-order chi connectivity index (χ1) is 7.75. The summed E-state index contributed by atoms with van der Waals surface area (Å²) < 4.78 is 0. The van der Waals surface area contributed by atoms with Crippen LogP contribution in [0.5, 0.6) is 0 Å². The van der Waals surface area contributed by atoms with E-state index in [2.05, 4.69) is 4.90 Å². The van der Waals surface area contributed by atoms with Crippen molar-refractivity contribution in [3.8, 4) is 0 Å². The number of hydrogen-bond acceptors (Lipinski definition) is 2. The van der Waals surface area contributed by atoms with Gasteiger partial charge in [-0.2, -0.15) is 0 Å². The van der Waals surface area contributed by atoms with E-state index in [1.807, 2.05) is 0 Å². The monoisotopic (exact) mass is 224 g/mol. The zero-order valence-electron chi connectivity index (χ0n) is 9.64. The van der Waals surface area contributed by atoms with Crippen molar-refractivity contribution in [1.82, 2.24) is 9.80 Å². The molecule has 2 atom stereocenters. The van der Waals surface area contributed by atoms with Gasteiger partial charge in [0, 0.05) is 31.2 Å². The molecule has 0 radical (unpaired) electrons. The summed E-state index contributed by atoms with van der Waals surface area (Å²) in [4.78, 5) is 15.2. The first-order valence-electron chi connectivity index (χ1n) is 6.51. The highest BCUT2D eigenvalue weighted by atomic mass is 16.4. The van der Waals surface area contributed by atoms with Crippen LogP contribution in [-0.4, -0.2) is 52.2 Å². The molecule has 2 heterocycles. The van der Waals surface area contributed by atoms with Gasteiger partial charge in [-0.1, -0.05) is 19.3 Å². The topological polar surface area (TPSA) is 43.8 Å². The number of amides is 1. The average molecular weight is 224 g/mol. The lowest BCUT2D eigenvalue weighted by Crippen LogP contribution is -2.52. The summed E-state index contributed by atoms with van der Waals surface area (Å²) in [6.45, 7) is 1.73. The second-order valence-corrected chi connectivity index (χ2v) is 5.47. The highest BCUT2D eigenvalue weighted by molar-refractivity contribution is 5.66. The molecule has 3 aliphatic rings. The number of nitrogens with zero attached hydrogens (tertiary/aromatic N) is 2. The number of likely N-dealkylation sites (tertiary alicyclic amines) is 2. The first-order valence-corrected chi connectivity index (χ1v) is 6.51. The van der Waals surface area contributed by atoms with Crippen LogP contribution in [-0.2, 0) is 0 Å². The molecule has 1 aliphatic carbocycles. The SMILES string of the molecule is O=C(O)N1CC2CC1CN2C1CCCCC1. The molecule has 1 N–H and O–H groups in total. The molecule has 3 fully saturated rings. The van der Waals surface area contributed by atoms with E-state index in [-0.39, 0.29) is 6.04 Å². The van der Waals surface area contributed by atoms with Crippen LogP contribution in [0.4, 0.5) is 4.79 Å². The van der Waals surface area contributed by atoms with Gasteiger partial charge < -0.3 is 10.0 Å². The Labute approximate surface area is 96.2 Å². The molecule has 1 saturated carbocycles. The normalized spacial score (nSPS) is 35.9. The third-order valence-electron chi connectivity index (χ3n) is 4.57. The molecule has 2 aliphatic heterocycles. The van der Waals surface area contributed by atoms with Gasteiger partial charge in [-0.3, -0.25) is 4.90 Å². The van der Waals surface area contributed by atoms with Gasteiger partial charge >= 0.3 is 6.09 Å². The van der Waals surface area contributed by atoms with E-state index >= 15 is 0 Å². The molecule has 90 valence electrons. The summed E-state index contributed by atoms with van der Waals surface area (Å²) in [6, 6.07) is 1.55. The minimum Gasteiger partial charge on any atom is -0.465 e. The summed E-state index contributed by atoms with van der Waals surface area (Å²) in [5, 5.41) is 9.04. The molecule has 0 aromatic rings. The van der Waals surface area contributed by atoms with E-state index < -0.39 is 6.09 Å². The summed E-state index contributed by atoms with van der Waals surface area (Å²) >= 11 is 0. The van der Waals surface area contributed by atoms with Crippen LogP contribution in [0.2, 0.25) is 0 Å². The van der Waals surface area contributed by atoms with Crippen LogP contribution >= 0.6 is 0 Å². The third-order valence-corrected chi connectivity index (χ3v) is 4.57. The number of fused-ring (bicyclic) bond motifs is 2. The average Bonchev–Trinajstić information content (AvgIpc) is 2.89. The smallest absolute Gasteiger partial charge is 0.407 e. The lowest BCUT2D eigenvalue weighted by molar-refractivity contribution is 0.0701. The van der Waals surface area contributed by atoms with Crippen LogP contribution < -0.4 is 0 Å². The lowest BCUT2D eigenvalue weighted by atomic mass is 9.93. The van der Waals surface area contributed by atoms with E-state index in [1.54, 1.807) is 4.90 Å². The van der Waals surface area contributed by atoms with Crippen molar-refractivity contribution in [3.05, 3.63) is 0 Å². The fourth-order valence-electron chi connectivity index (χ4n) is 3.79. The van der Waals surface area contributed by atoms with Gasteiger partial charge in [0.15, 0.2) is 0 Å². The molecule has 1 amide bonds. The van der Waals surface area contributed by atoms with Gasteiger partial charge in [0.05, 0.1) is 0 Å². The maximum absolute atomic E-state index is 11.0. The van der Waals surface area contributed by atoms with Gasteiger partial charge in [-0.15, -0.1) is 0 Å². The molecule has 2 bridgehead atoms. The minimum absolute atomic E-state index is 0.282. The fourth-order valence-corrected chi connectivity index (χ4v) is 3.79. The Morgan fingerprint density at radius 3 is 2.31 bits per heavy atom. The van der Waals surface area contributed by atoms with E-state index in [0.717, 1.165) is 25.6 Å². The van der Waals surface area contributed by atoms with Gasteiger partial charge in [0.2, 0.25) is 0 Å². The van der Waals surface area contributed by atoms with Crippen LogP contribution in [0.3, 0.4) is 0 Å². The van der Waals surface area contributed by atoms with Gasteiger partial charge in [0.25, 0.3) is 0 Å². The van der Waals surface area contributed by atoms with Crippen LogP contribution in [0.1, 0.15) is 38.5 Å². The lowest BCUT2D eigenvalue weighted by Gasteiger charge is -2.39. The molecule has 3 rings (SSSR count). The Kier molecular flexibility index (Phi) is 2.54. The van der Waals surface area contributed by atoms with Crippen molar-refractivity contribution < 1.29 is 9.90 Å². The Bertz CT molecular complexity index is 289. The maximum atomic E-state index is 11.0. The summed E-state index contributed by atoms with van der Waals surface area (Å²) in [7, 11) is 0. The number of hydrogen-bond donors (Lipinski definition) is 1. The van der Waals surface area contributed by atoms with E-state index in [4.69, 9.17) is 5.11 Å². The van der Waals surface area contributed by atoms with Crippen LogP contribution in [0.25, 0.3) is 0 Å². The highest BCUT2D eigenvalue weighted by Crippen LogP contribution is 2.35. The number of rotatable bonds is 1. The van der Waals surface area contributed by atoms with Crippen molar-refractivity contribution in [2.75, 3.05) is 13.1 Å². The summed E-state index contributed by atoms with van der Waals surface area (Å²) in [5.41, 5.74) is 0. The molecule has 0 aromatic heterocycles. The van der Waals surface area contributed by atoms with Crippen LogP contribution in [0, 0.1) is 0 Å². The molecular formula is C12H20N2O2. The molecule has 4 nitrogen and oxygen atoms in total. The van der Waals surface area contributed by atoms with Gasteiger partial charge in [-0.25, -0.2) is 4.79 Å². The fraction of sp³-hybridized carbons (Fsp3) is 0.917. The second kappa shape index (κ2) is 3.91. The van der Waals surface area contributed by atoms with Crippen LogP contribution in [0.15, 0.2) is 0 Å². The molecular weight excluding hydrogens is 204 g/mol. The zero-order valence-corrected chi connectivity index (χ0v) is 9.64. The second-order valence-electron chi connectivity index (χ2n) is 5.47. The predicted octanol–water partition coefficient (Wildman–Crippen LogP) is 1.76. The number of carbonyl (C=O) groups is 1. The minimum atomic E-state index is -0.726. The van der Waals surface area contributed by atoms with Crippen molar-refractivity contribution in [2.24, 2.45) is 0 Å². The summed E-state index contributed by atoms with van der Waals surface area (Å²) in [5.74, 6) is 0. The number of carboxylic acid groups (broad SMARTS) is 1. The first kappa shape index (κ1) is 10.4. The van der Waals surface area contributed by atoms with Crippen molar-refractivity contribution >= 4 is 6.09 Å². The standard InChI is InChI=1S/C12H20N2O2/c15-12(16)14-8-10-6-11(14)7-13(10)9-4-2-1-3-5-9/h9-11H,1-8H2,(H,15,16). The molecule has 2 unspecified atom stereocenters. The van der Waals surface area contributed by atoms with E-state index in [1.165, 1.54) is 32.1 Å². The summed E-state index contributed by atoms with van der Waals surface area (Å²) in [6.07, 6.45) is 7.12. The van der Waals surface area contributed by atoms with Gasteiger partial charge in [0.1, 0.15) is 0 Å². The van der Waals surface area contributed by atoms with Crippen molar-refractivity contribution in [1.29, 1.82) is 0 Å². The van der Waals surface area contributed by atoms with Crippen molar-refractivity contribution in [3.63, 3.8) is 0 Å². The third kappa shape index (κ3) is 1.59. The Hall–Kier alpha value is -0.770. The highest BCUT2D eigenvalue weighted by Gasteiger charge is 2.47. The largest absolute Gasteiger partial charge is 0.465 e. The Balaban J connectivity index is 1.63. The number of piperazine rings is 1.